The van der Waals surface area contributed by atoms with Crippen LogP contribution in [0.4, 0.5) is 29.3 Å². The van der Waals surface area contributed by atoms with E-state index < -0.39 is 12.5 Å². The van der Waals surface area contributed by atoms with Crippen molar-refractivity contribution in [3.8, 4) is 5.75 Å². The number of aliphatic imine (C=N–C) groups is 1. The topological polar surface area (TPSA) is 95.8 Å². The lowest BCUT2D eigenvalue weighted by molar-refractivity contribution is -0.274. The van der Waals surface area contributed by atoms with Crippen LogP contribution >= 0.6 is 0 Å². The summed E-state index contributed by atoms with van der Waals surface area (Å²) in [5.74, 6) is 0.0355. The second-order valence-electron chi connectivity index (χ2n) is 8.03. The monoisotopic (exact) mass is 476 g/mol. The third-order valence-corrected chi connectivity index (χ3v) is 5.52. The third kappa shape index (κ3) is 8.09. The second kappa shape index (κ2) is 11.5. The molecule has 182 valence electrons. The van der Waals surface area contributed by atoms with Crippen molar-refractivity contribution < 1.29 is 27.4 Å². The van der Waals surface area contributed by atoms with Gasteiger partial charge in [0.05, 0.1) is 6.34 Å². The van der Waals surface area contributed by atoms with E-state index in [0.29, 0.717) is 22.9 Å². The predicted octanol–water partition coefficient (Wildman–Crippen LogP) is 6.57. The molecule has 1 fully saturated rings. The number of hydrogen-bond donors (Lipinski definition) is 3. The molecule has 0 aromatic heterocycles. The molecule has 0 heterocycles. The predicted molar refractivity (Wildman–Crippen MR) is 125 cm³/mol. The number of amides is 1. The maximum atomic E-state index is 12.2. The van der Waals surface area contributed by atoms with Crippen LogP contribution in [0.1, 0.15) is 44.6 Å². The number of nitrogens with zero attached hydrogens (tertiary/aromatic N) is 1. The maximum absolute atomic E-state index is 12.2. The number of ether oxygens (including phenoxy) is 2. The Morgan fingerprint density at radius 3 is 2.29 bits per heavy atom. The first-order valence-corrected chi connectivity index (χ1v) is 11.0. The standard InChI is InChI=1S/C24H27F3N4O3/c1-16(17-5-3-2-4-6-17)33-23(32)31-20-9-7-18(8-10-20)22(28)30-15-29-19-11-13-21(14-12-19)34-24(25,26)27/h7-17H,2-6H2,1H3,(H,31,32)(H2,28,29,30). The highest BCUT2D eigenvalue weighted by molar-refractivity contribution is 6.02. The molecule has 10 heteroatoms. The quantitative estimate of drug-likeness (QED) is 0.311. The Morgan fingerprint density at radius 2 is 1.68 bits per heavy atom. The molecule has 3 N–H and O–H groups in total. The largest absolute Gasteiger partial charge is 0.573 e. The lowest BCUT2D eigenvalue weighted by Crippen LogP contribution is -2.28. The lowest BCUT2D eigenvalue weighted by atomic mass is 9.86. The van der Waals surface area contributed by atoms with Crippen LogP contribution in [0.2, 0.25) is 0 Å². The van der Waals surface area contributed by atoms with Gasteiger partial charge in [0.15, 0.2) is 5.84 Å². The van der Waals surface area contributed by atoms with E-state index in [1.807, 2.05) is 6.92 Å². The Hall–Kier alpha value is -3.56. The number of benzene rings is 2. The van der Waals surface area contributed by atoms with Gasteiger partial charge in [-0.15, -0.1) is 13.2 Å². The highest BCUT2D eigenvalue weighted by Crippen LogP contribution is 2.28. The van der Waals surface area contributed by atoms with Gasteiger partial charge in [0.25, 0.3) is 0 Å². The molecule has 1 aliphatic rings. The number of amidine groups is 1. The molecule has 0 radical (unpaired) electrons. The molecular weight excluding hydrogens is 449 g/mol. The van der Waals surface area contributed by atoms with Crippen molar-refractivity contribution in [1.82, 2.24) is 0 Å². The fourth-order valence-electron chi connectivity index (χ4n) is 3.73. The van der Waals surface area contributed by atoms with E-state index >= 15 is 0 Å². The van der Waals surface area contributed by atoms with Crippen LogP contribution in [0.25, 0.3) is 0 Å². The van der Waals surface area contributed by atoms with E-state index in [1.165, 1.54) is 49.9 Å². The van der Waals surface area contributed by atoms with E-state index in [-0.39, 0.29) is 17.7 Å². The maximum Gasteiger partial charge on any atom is 0.573 e. The first-order valence-electron chi connectivity index (χ1n) is 11.0. The van der Waals surface area contributed by atoms with Crippen molar-refractivity contribution in [2.75, 3.05) is 10.6 Å². The molecule has 0 saturated heterocycles. The van der Waals surface area contributed by atoms with Gasteiger partial charge >= 0.3 is 12.5 Å². The van der Waals surface area contributed by atoms with Gasteiger partial charge in [0, 0.05) is 16.9 Å². The summed E-state index contributed by atoms with van der Waals surface area (Å²) in [6.07, 6.45) is 1.63. The van der Waals surface area contributed by atoms with E-state index in [1.54, 1.807) is 24.3 Å². The van der Waals surface area contributed by atoms with Crippen molar-refractivity contribution >= 4 is 29.6 Å². The first kappa shape index (κ1) is 25.1. The van der Waals surface area contributed by atoms with Gasteiger partial charge in [-0.3, -0.25) is 10.7 Å². The Morgan fingerprint density at radius 1 is 1.06 bits per heavy atom. The number of carbonyl (C=O) groups excluding carboxylic acids is 1. The van der Waals surface area contributed by atoms with Crippen LogP contribution in [0, 0.1) is 11.3 Å². The molecule has 0 spiro atoms. The summed E-state index contributed by atoms with van der Waals surface area (Å²) in [5, 5.41) is 13.5. The molecule has 1 saturated carbocycles. The van der Waals surface area contributed by atoms with Gasteiger partial charge in [0.2, 0.25) is 0 Å². The fraction of sp³-hybridized carbons (Fsp3) is 0.375. The first-order chi connectivity index (χ1) is 16.2. The Kier molecular flexibility index (Phi) is 8.50. The molecule has 0 bridgehead atoms. The molecule has 34 heavy (non-hydrogen) atoms. The summed E-state index contributed by atoms with van der Waals surface area (Å²) in [4.78, 5) is 16.2. The van der Waals surface area contributed by atoms with Crippen LogP contribution in [0.15, 0.2) is 53.5 Å². The van der Waals surface area contributed by atoms with Crippen molar-refractivity contribution in [3.63, 3.8) is 0 Å². The molecule has 2 aromatic rings. The van der Waals surface area contributed by atoms with Crippen molar-refractivity contribution in [2.45, 2.75) is 51.5 Å². The van der Waals surface area contributed by atoms with E-state index in [0.717, 1.165) is 12.8 Å². The van der Waals surface area contributed by atoms with Crippen LogP contribution in [0.5, 0.6) is 5.75 Å². The summed E-state index contributed by atoms with van der Waals surface area (Å²) in [6, 6.07) is 11.7. The van der Waals surface area contributed by atoms with Gasteiger partial charge in [-0.1, -0.05) is 19.3 Å². The van der Waals surface area contributed by atoms with Crippen LogP contribution < -0.4 is 15.4 Å². The van der Waals surface area contributed by atoms with Gasteiger partial charge < -0.3 is 14.8 Å². The molecule has 3 rings (SSSR count). The highest BCUT2D eigenvalue weighted by atomic mass is 19.4. The summed E-state index contributed by atoms with van der Waals surface area (Å²) >= 11 is 0. The molecule has 2 aromatic carbocycles. The number of carbonyl (C=O) groups is 1. The minimum atomic E-state index is -4.75. The molecule has 1 aliphatic carbocycles. The Balaban J connectivity index is 1.45. The number of hydrogen-bond acceptors (Lipinski definition) is 4. The zero-order chi connectivity index (χ0) is 24.6. The Bertz CT molecular complexity index is 986. The molecule has 0 aliphatic heterocycles. The van der Waals surface area contributed by atoms with Gasteiger partial charge in [-0.05, 0) is 74.2 Å². The molecule has 7 nitrogen and oxygen atoms in total. The van der Waals surface area contributed by atoms with Gasteiger partial charge in [-0.25, -0.2) is 9.79 Å². The minimum Gasteiger partial charge on any atom is -0.446 e. The number of nitrogens with one attached hydrogen (secondary N) is 3. The summed E-state index contributed by atoms with van der Waals surface area (Å²) in [6.45, 7) is 1.93. The zero-order valence-corrected chi connectivity index (χ0v) is 18.7. The van der Waals surface area contributed by atoms with E-state index in [2.05, 4.69) is 20.4 Å². The molecule has 1 amide bonds. The van der Waals surface area contributed by atoms with Crippen LogP contribution in [-0.2, 0) is 4.74 Å². The highest BCUT2D eigenvalue weighted by Gasteiger charge is 2.31. The smallest absolute Gasteiger partial charge is 0.446 e. The van der Waals surface area contributed by atoms with Crippen LogP contribution in [-0.4, -0.2) is 30.7 Å². The number of anilines is 2. The summed E-state index contributed by atoms with van der Waals surface area (Å²) in [7, 11) is 0. The fourth-order valence-corrected chi connectivity index (χ4v) is 3.73. The number of halogens is 3. The Labute approximate surface area is 195 Å². The lowest BCUT2D eigenvalue weighted by Gasteiger charge is -2.27. The molecule has 1 unspecified atom stereocenters. The number of rotatable bonds is 7. The zero-order valence-electron chi connectivity index (χ0n) is 18.7. The minimum absolute atomic E-state index is 0.0374. The second-order valence-corrected chi connectivity index (χ2v) is 8.03. The SMILES string of the molecule is CC(OC(=O)Nc1ccc(C(=N)/N=C\Nc2ccc(OC(F)(F)F)cc2)cc1)C1CCCCC1. The van der Waals surface area contributed by atoms with Gasteiger partial charge in [-0.2, -0.15) is 0 Å². The summed E-state index contributed by atoms with van der Waals surface area (Å²) < 4.78 is 45.9. The molecular formula is C24H27F3N4O3. The van der Waals surface area contributed by atoms with Crippen molar-refractivity contribution in [3.05, 3.63) is 54.1 Å². The van der Waals surface area contributed by atoms with Crippen LogP contribution in [0.3, 0.4) is 0 Å². The van der Waals surface area contributed by atoms with E-state index in [9.17, 15) is 18.0 Å². The third-order valence-electron chi connectivity index (χ3n) is 5.52. The average molecular weight is 476 g/mol. The average Bonchev–Trinajstić information content (AvgIpc) is 2.80. The normalized spacial score (nSPS) is 15.5. The molecule has 1 atom stereocenters. The summed E-state index contributed by atoms with van der Waals surface area (Å²) in [5.41, 5.74) is 1.54. The van der Waals surface area contributed by atoms with Crippen molar-refractivity contribution in [2.24, 2.45) is 10.9 Å². The van der Waals surface area contributed by atoms with Gasteiger partial charge in [0.1, 0.15) is 11.9 Å². The van der Waals surface area contributed by atoms with Crippen molar-refractivity contribution in [1.29, 1.82) is 5.41 Å². The van der Waals surface area contributed by atoms with E-state index in [4.69, 9.17) is 10.1 Å². The number of alkyl halides is 3.